The predicted octanol–water partition coefficient (Wildman–Crippen LogP) is 3.68. The van der Waals surface area contributed by atoms with Gasteiger partial charge in [0.2, 0.25) is 0 Å². The molecule has 1 N–H and O–H groups in total. The van der Waals surface area contributed by atoms with E-state index in [2.05, 4.69) is 45.0 Å². The third-order valence-electron chi connectivity index (χ3n) is 6.27. The second-order valence-electron chi connectivity index (χ2n) is 8.54. The number of piperidine rings is 1. The van der Waals surface area contributed by atoms with Gasteiger partial charge in [-0.15, -0.1) is 0 Å². The number of aromatic nitrogens is 4. The van der Waals surface area contributed by atoms with Crippen molar-refractivity contribution in [2.45, 2.75) is 52.2 Å². The van der Waals surface area contributed by atoms with Crippen LogP contribution in [0, 0.1) is 13.8 Å². The summed E-state index contributed by atoms with van der Waals surface area (Å²) in [5.74, 6) is 1.08. The first-order valence-electron chi connectivity index (χ1n) is 11.2. The maximum atomic E-state index is 12.8. The molecule has 8 heteroatoms. The summed E-state index contributed by atoms with van der Waals surface area (Å²) >= 11 is 0. The van der Waals surface area contributed by atoms with Crippen molar-refractivity contribution in [3.05, 3.63) is 59.5 Å². The van der Waals surface area contributed by atoms with E-state index in [1.807, 2.05) is 29.8 Å². The molecule has 170 valence electrons. The molecule has 0 aliphatic carbocycles. The number of amides is 1. The van der Waals surface area contributed by atoms with Crippen molar-refractivity contribution in [2.75, 3.05) is 25.5 Å². The standard InChI is InChI=1S/C24H32N6O2/c1-17-15-18(2)29(27-17)16-19(3)28-13-10-20(11-14-28)30-23(9-12-25-30)26-24(31)21-7-5-6-8-22(21)32-4/h5-9,12,15,19-20H,10-11,13-14,16H2,1-4H3,(H,26,31)/t19-/m0/s1. The minimum absolute atomic E-state index is 0.194. The van der Waals surface area contributed by atoms with Crippen LogP contribution >= 0.6 is 0 Å². The van der Waals surface area contributed by atoms with Gasteiger partial charge in [-0.05, 0) is 51.8 Å². The van der Waals surface area contributed by atoms with E-state index in [-0.39, 0.29) is 11.9 Å². The lowest BCUT2D eigenvalue weighted by atomic mass is 10.0. The number of methoxy groups -OCH3 is 1. The van der Waals surface area contributed by atoms with Crippen LogP contribution in [0.2, 0.25) is 0 Å². The summed E-state index contributed by atoms with van der Waals surface area (Å²) in [4.78, 5) is 15.3. The predicted molar refractivity (Wildman–Crippen MR) is 124 cm³/mol. The first-order valence-corrected chi connectivity index (χ1v) is 11.2. The van der Waals surface area contributed by atoms with Crippen LogP contribution in [0.25, 0.3) is 0 Å². The van der Waals surface area contributed by atoms with E-state index in [9.17, 15) is 4.79 Å². The van der Waals surface area contributed by atoms with Gasteiger partial charge in [-0.25, -0.2) is 4.68 Å². The fourth-order valence-corrected chi connectivity index (χ4v) is 4.52. The monoisotopic (exact) mass is 436 g/mol. The van der Waals surface area contributed by atoms with Gasteiger partial charge in [0.1, 0.15) is 11.6 Å². The minimum Gasteiger partial charge on any atom is -0.496 e. The number of aryl methyl sites for hydroxylation is 2. The summed E-state index contributed by atoms with van der Waals surface area (Å²) in [5, 5.41) is 12.1. The lowest BCUT2D eigenvalue weighted by Gasteiger charge is -2.36. The highest BCUT2D eigenvalue weighted by Crippen LogP contribution is 2.27. The van der Waals surface area contributed by atoms with Crippen molar-refractivity contribution >= 4 is 11.7 Å². The Labute approximate surface area is 189 Å². The van der Waals surface area contributed by atoms with Crippen LogP contribution in [0.3, 0.4) is 0 Å². The maximum absolute atomic E-state index is 12.8. The van der Waals surface area contributed by atoms with Gasteiger partial charge < -0.3 is 10.1 Å². The van der Waals surface area contributed by atoms with Gasteiger partial charge in [0.25, 0.3) is 5.91 Å². The van der Waals surface area contributed by atoms with E-state index in [4.69, 9.17) is 4.74 Å². The van der Waals surface area contributed by atoms with Crippen LogP contribution in [0.15, 0.2) is 42.6 Å². The second-order valence-corrected chi connectivity index (χ2v) is 8.54. The Morgan fingerprint density at radius 2 is 1.97 bits per heavy atom. The lowest BCUT2D eigenvalue weighted by molar-refractivity contribution is 0.102. The molecule has 32 heavy (non-hydrogen) atoms. The highest BCUT2D eigenvalue weighted by molar-refractivity contribution is 6.05. The molecule has 1 amide bonds. The van der Waals surface area contributed by atoms with Crippen LogP contribution in [-0.4, -0.2) is 56.6 Å². The Hall–Kier alpha value is -3.13. The molecule has 0 unspecified atom stereocenters. The van der Waals surface area contributed by atoms with Crippen molar-refractivity contribution in [1.29, 1.82) is 0 Å². The molecule has 1 aromatic carbocycles. The van der Waals surface area contributed by atoms with E-state index < -0.39 is 0 Å². The number of para-hydroxylation sites is 1. The molecular formula is C24H32N6O2. The van der Waals surface area contributed by atoms with Gasteiger partial charge in [0, 0.05) is 30.9 Å². The van der Waals surface area contributed by atoms with Crippen molar-refractivity contribution in [2.24, 2.45) is 0 Å². The summed E-state index contributed by atoms with van der Waals surface area (Å²) in [6.07, 6.45) is 3.72. The van der Waals surface area contributed by atoms with Crippen LogP contribution in [0.4, 0.5) is 5.82 Å². The summed E-state index contributed by atoms with van der Waals surface area (Å²) in [6.45, 7) is 9.29. The highest BCUT2D eigenvalue weighted by Gasteiger charge is 2.26. The molecule has 3 heterocycles. The summed E-state index contributed by atoms with van der Waals surface area (Å²) in [6, 6.07) is 11.9. The quantitative estimate of drug-likeness (QED) is 0.611. The van der Waals surface area contributed by atoms with Gasteiger partial charge in [-0.3, -0.25) is 14.4 Å². The van der Waals surface area contributed by atoms with Gasteiger partial charge in [0.15, 0.2) is 0 Å². The van der Waals surface area contributed by atoms with Crippen molar-refractivity contribution in [3.8, 4) is 5.75 Å². The van der Waals surface area contributed by atoms with E-state index in [1.165, 1.54) is 5.69 Å². The van der Waals surface area contributed by atoms with Crippen molar-refractivity contribution < 1.29 is 9.53 Å². The largest absolute Gasteiger partial charge is 0.496 e. The molecule has 4 rings (SSSR count). The zero-order valence-electron chi connectivity index (χ0n) is 19.3. The van der Waals surface area contributed by atoms with E-state index in [0.717, 1.165) is 44.0 Å². The maximum Gasteiger partial charge on any atom is 0.260 e. The van der Waals surface area contributed by atoms with Crippen LogP contribution < -0.4 is 10.1 Å². The number of nitrogens with one attached hydrogen (secondary N) is 1. The zero-order chi connectivity index (χ0) is 22.7. The molecular weight excluding hydrogens is 404 g/mol. The SMILES string of the molecule is COc1ccccc1C(=O)Nc1ccnn1C1CCN([C@@H](C)Cn2nc(C)cc2C)CC1. The van der Waals surface area contributed by atoms with E-state index in [0.29, 0.717) is 17.4 Å². The molecule has 0 saturated carbocycles. The summed E-state index contributed by atoms with van der Waals surface area (Å²) in [5.41, 5.74) is 2.78. The Kier molecular flexibility index (Phi) is 6.60. The smallest absolute Gasteiger partial charge is 0.260 e. The second kappa shape index (κ2) is 9.56. The minimum atomic E-state index is -0.194. The summed E-state index contributed by atoms with van der Waals surface area (Å²) < 4.78 is 9.38. The Morgan fingerprint density at radius 3 is 2.66 bits per heavy atom. The number of anilines is 1. The normalized spacial score (nSPS) is 16.1. The average Bonchev–Trinajstić information content (AvgIpc) is 3.39. The molecule has 1 atom stereocenters. The van der Waals surface area contributed by atoms with E-state index >= 15 is 0 Å². The lowest BCUT2D eigenvalue weighted by Crippen LogP contribution is -2.42. The molecule has 8 nitrogen and oxygen atoms in total. The molecule has 0 spiro atoms. The Morgan fingerprint density at radius 1 is 1.22 bits per heavy atom. The molecule has 0 radical (unpaired) electrons. The first kappa shape index (κ1) is 22.1. The topological polar surface area (TPSA) is 77.2 Å². The molecule has 1 aliphatic heterocycles. The Bertz CT molecular complexity index is 1060. The average molecular weight is 437 g/mol. The number of rotatable bonds is 7. The fourth-order valence-electron chi connectivity index (χ4n) is 4.52. The number of likely N-dealkylation sites (tertiary alicyclic amines) is 1. The van der Waals surface area contributed by atoms with Crippen LogP contribution in [-0.2, 0) is 6.54 Å². The van der Waals surface area contributed by atoms with Crippen molar-refractivity contribution in [3.63, 3.8) is 0 Å². The molecule has 1 fully saturated rings. The first-order chi connectivity index (χ1) is 15.5. The molecule has 1 aliphatic rings. The molecule has 2 aromatic heterocycles. The van der Waals surface area contributed by atoms with Crippen molar-refractivity contribution in [1.82, 2.24) is 24.5 Å². The van der Waals surface area contributed by atoms with Gasteiger partial charge in [-0.1, -0.05) is 12.1 Å². The Balaban J connectivity index is 1.37. The van der Waals surface area contributed by atoms with E-state index in [1.54, 1.807) is 25.4 Å². The van der Waals surface area contributed by atoms with Gasteiger partial charge in [-0.2, -0.15) is 10.2 Å². The number of hydrogen-bond acceptors (Lipinski definition) is 5. The number of hydrogen-bond donors (Lipinski definition) is 1. The number of carbonyl (C=O) groups excluding carboxylic acids is 1. The number of carbonyl (C=O) groups is 1. The molecule has 0 bridgehead atoms. The van der Waals surface area contributed by atoms with Crippen LogP contribution in [0.1, 0.15) is 47.6 Å². The number of benzene rings is 1. The van der Waals surface area contributed by atoms with Gasteiger partial charge >= 0.3 is 0 Å². The third-order valence-corrected chi connectivity index (χ3v) is 6.27. The fraction of sp³-hybridized carbons (Fsp3) is 0.458. The van der Waals surface area contributed by atoms with Crippen LogP contribution in [0.5, 0.6) is 5.75 Å². The summed E-state index contributed by atoms with van der Waals surface area (Å²) in [7, 11) is 1.57. The number of nitrogens with zero attached hydrogens (tertiary/aromatic N) is 5. The zero-order valence-corrected chi connectivity index (χ0v) is 19.3. The van der Waals surface area contributed by atoms with Gasteiger partial charge in [0.05, 0.1) is 37.2 Å². The third kappa shape index (κ3) is 4.70. The molecule has 1 saturated heterocycles. The molecule has 3 aromatic rings. The number of ether oxygens (including phenoxy) is 1. The highest BCUT2D eigenvalue weighted by atomic mass is 16.5.